The van der Waals surface area contributed by atoms with Crippen molar-refractivity contribution in [2.24, 2.45) is 10.9 Å². The van der Waals surface area contributed by atoms with Gasteiger partial charge in [0.25, 0.3) is 0 Å². The number of guanidine groups is 1. The van der Waals surface area contributed by atoms with Gasteiger partial charge in [0.05, 0.1) is 21.3 Å². The first-order valence-electron chi connectivity index (χ1n) is 9.44. The van der Waals surface area contributed by atoms with E-state index in [2.05, 4.69) is 41.3 Å². The van der Waals surface area contributed by atoms with Gasteiger partial charge in [0.1, 0.15) is 0 Å². The summed E-state index contributed by atoms with van der Waals surface area (Å²) in [5.41, 5.74) is 0.973. The second-order valence-electron chi connectivity index (χ2n) is 7.19. The van der Waals surface area contributed by atoms with E-state index in [9.17, 15) is 0 Å². The van der Waals surface area contributed by atoms with Crippen molar-refractivity contribution in [1.82, 2.24) is 15.5 Å². The molecule has 1 heterocycles. The fourth-order valence-corrected chi connectivity index (χ4v) is 3.47. The Morgan fingerprint density at radius 1 is 1.15 bits per heavy atom. The highest BCUT2D eigenvalue weighted by Crippen LogP contribution is 2.39. The molecule has 7 nitrogen and oxygen atoms in total. The highest BCUT2D eigenvalue weighted by Gasteiger charge is 2.31. The predicted molar refractivity (Wildman–Crippen MR) is 109 cm³/mol. The molecular formula is C20H34N4O3. The van der Waals surface area contributed by atoms with Crippen molar-refractivity contribution in [1.29, 1.82) is 0 Å². The number of nitrogens with one attached hydrogen (secondary N) is 2. The zero-order valence-corrected chi connectivity index (χ0v) is 17.6. The smallest absolute Gasteiger partial charge is 0.203 e. The van der Waals surface area contributed by atoms with Crippen LogP contribution < -0.4 is 24.8 Å². The Hall–Kier alpha value is -2.15. The lowest BCUT2D eigenvalue weighted by Gasteiger charge is -2.22. The lowest BCUT2D eigenvalue weighted by molar-refractivity contribution is 0.265. The number of ether oxygens (including phenoxy) is 3. The number of methoxy groups -OCH3 is 3. The first-order valence-corrected chi connectivity index (χ1v) is 9.44. The van der Waals surface area contributed by atoms with Crippen molar-refractivity contribution in [2.45, 2.75) is 39.4 Å². The van der Waals surface area contributed by atoms with E-state index in [1.165, 1.54) is 0 Å². The van der Waals surface area contributed by atoms with Crippen LogP contribution in [0.4, 0.5) is 0 Å². The summed E-state index contributed by atoms with van der Waals surface area (Å²) in [4.78, 5) is 6.87. The van der Waals surface area contributed by atoms with Gasteiger partial charge in [-0.25, -0.2) is 0 Å². The van der Waals surface area contributed by atoms with Gasteiger partial charge in [-0.1, -0.05) is 6.92 Å². The Balaban J connectivity index is 2.04. The Labute approximate surface area is 163 Å². The van der Waals surface area contributed by atoms with Crippen LogP contribution in [0.15, 0.2) is 17.1 Å². The number of likely N-dealkylation sites (tertiary alicyclic amines) is 1. The van der Waals surface area contributed by atoms with Crippen LogP contribution in [0.3, 0.4) is 0 Å². The molecule has 1 aliphatic heterocycles. The van der Waals surface area contributed by atoms with Gasteiger partial charge in [0.15, 0.2) is 17.5 Å². The van der Waals surface area contributed by atoms with Gasteiger partial charge in [-0.05, 0) is 31.9 Å². The van der Waals surface area contributed by atoms with Crippen LogP contribution >= 0.6 is 0 Å². The molecule has 7 heteroatoms. The third-order valence-corrected chi connectivity index (χ3v) is 5.15. The van der Waals surface area contributed by atoms with Crippen molar-refractivity contribution < 1.29 is 14.2 Å². The van der Waals surface area contributed by atoms with E-state index in [0.29, 0.717) is 41.8 Å². The maximum Gasteiger partial charge on any atom is 0.203 e. The minimum Gasteiger partial charge on any atom is -0.493 e. The monoisotopic (exact) mass is 378 g/mol. The molecule has 0 amide bonds. The Morgan fingerprint density at radius 2 is 1.85 bits per heavy atom. The molecule has 1 saturated heterocycles. The summed E-state index contributed by atoms with van der Waals surface area (Å²) in [6.45, 7) is 9.47. The summed E-state index contributed by atoms with van der Waals surface area (Å²) >= 11 is 0. The fraction of sp³-hybridized carbons (Fsp3) is 0.650. The molecule has 0 aliphatic carbocycles. The van der Waals surface area contributed by atoms with E-state index in [-0.39, 0.29) is 0 Å². The van der Waals surface area contributed by atoms with E-state index in [1.54, 1.807) is 28.4 Å². The van der Waals surface area contributed by atoms with Gasteiger partial charge in [-0.2, -0.15) is 0 Å². The maximum atomic E-state index is 5.55. The molecule has 2 rings (SSSR count). The van der Waals surface area contributed by atoms with Crippen molar-refractivity contribution in [3.8, 4) is 17.2 Å². The van der Waals surface area contributed by atoms with E-state index < -0.39 is 0 Å². The van der Waals surface area contributed by atoms with Crippen LogP contribution in [0.5, 0.6) is 17.2 Å². The van der Waals surface area contributed by atoms with Crippen LogP contribution in [0.2, 0.25) is 0 Å². The molecule has 0 radical (unpaired) electrons. The van der Waals surface area contributed by atoms with E-state index in [0.717, 1.165) is 24.6 Å². The van der Waals surface area contributed by atoms with Crippen LogP contribution in [-0.2, 0) is 6.54 Å². The largest absolute Gasteiger partial charge is 0.493 e. The SMILES string of the molecule is CN=C(NCc1ccc(OC)c(OC)c1OC)NC1CN(C(C)C)CC1C. The minimum atomic E-state index is 0.380. The molecule has 152 valence electrons. The topological polar surface area (TPSA) is 67.4 Å². The summed E-state index contributed by atoms with van der Waals surface area (Å²) in [6.07, 6.45) is 0. The summed E-state index contributed by atoms with van der Waals surface area (Å²) < 4.78 is 16.4. The lowest BCUT2D eigenvalue weighted by Crippen LogP contribution is -2.46. The Bertz CT molecular complexity index is 648. The number of hydrogen-bond donors (Lipinski definition) is 2. The number of nitrogens with zero attached hydrogens (tertiary/aromatic N) is 2. The average molecular weight is 379 g/mol. The van der Waals surface area contributed by atoms with E-state index >= 15 is 0 Å². The quantitative estimate of drug-likeness (QED) is 0.560. The molecule has 0 saturated carbocycles. The predicted octanol–water partition coefficient (Wildman–Crippen LogP) is 2.11. The van der Waals surface area contributed by atoms with Gasteiger partial charge in [0.2, 0.25) is 5.75 Å². The van der Waals surface area contributed by atoms with Crippen molar-refractivity contribution in [3.05, 3.63) is 17.7 Å². The van der Waals surface area contributed by atoms with Crippen molar-refractivity contribution in [2.75, 3.05) is 41.5 Å². The van der Waals surface area contributed by atoms with Crippen LogP contribution in [0, 0.1) is 5.92 Å². The summed E-state index contributed by atoms with van der Waals surface area (Å²) in [5, 5.41) is 6.94. The standard InChI is InChI=1S/C20H34N4O3/c1-13(2)24-11-14(3)16(12-24)23-20(21-4)22-10-15-8-9-17(25-5)19(27-7)18(15)26-6/h8-9,13-14,16H,10-12H2,1-7H3,(H2,21,22,23). The Kier molecular flexibility index (Phi) is 7.59. The molecule has 0 bridgehead atoms. The molecule has 1 aliphatic rings. The second-order valence-corrected chi connectivity index (χ2v) is 7.19. The molecule has 1 aromatic rings. The summed E-state index contributed by atoms with van der Waals surface area (Å²) in [5.74, 6) is 3.27. The van der Waals surface area contributed by atoms with Crippen LogP contribution in [0.1, 0.15) is 26.3 Å². The summed E-state index contributed by atoms with van der Waals surface area (Å²) in [6, 6.07) is 4.80. The van der Waals surface area contributed by atoms with Crippen molar-refractivity contribution in [3.63, 3.8) is 0 Å². The fourth-order valence-electron chi connectivity index (χ4n) is 3.47. The lowest BCUT2D eigenvalue weighted by atomic mass is 10.1. The Morgan fingerprint density at radius 3 is 2.37 bits per heavy atom. The third-order valence-electron chi connectivity index (χ3n) is 5.15. The maximum absolute atomic E-state index is 5.55. The van der Waals surface area contributed by atoms with Crippen LogP contribution in [-0.4, -0.2) is 64.4 Å². The first kappa shape index (κ1) is 21.2. The highest BCUT2D eigenvalue weighted by molar-refractivity contribution is 5.80. The zero-order chi connectivity index (χ0) is 20.0. The average Bonchev–Trinajstić information content (AvgIpc) is 3.04. The number of benzene rings is 1. The van der Waals surface area contributed by atoms with Gasteiger partial charge < -0.3 is 24.8 Å². The molecular weight excluding hydrogens is 344 g/mol. The second kappa shape index (κ2) is 9.69. The molecule has 2 atom stereocenters. The molecule has 0 aromatic heterocycles. The molecule has 2 N–H and O–H groups in total. The van der Waals surface area contributed by atoms with Gasteiger partial charge >= 0.3 is 0 Å². The summed E-state index contributed by atoms with van der Waals surface area (Å²) in [7, 11) is 6.65. The van der Waals surface area contributed by atoms with Crippen LogP contribution in [0.25, 0.3) is 0 Å². The number of aliphatic imine (C=N–C) groups is 1. The third kappa shape index (κ3) is 4.97. The highest BCUT2D eigenvalue weighted by atomic mass is 16.5. The molecule has 1 fully saturated rings. The number of hydrogen-bond acceptors (Lipinski definition) is 5. The van der Waals surface area contributed by atoms with Crippen molar-refractivity contribution >= 4 is 5.96 Å². The normalized spacial score (nSPS) is 20.7. The molecule has 27 heavy (non-hydrogen) atoms. The molecule has 2 unspecified atom stereocenters. The zero-order valence-electron chi connectivity index (χ0n) is 17.6. The van der Waals surface area contributed by atoms with E-state index in [1.807, 2.05) is 12.1 Å². The molecule has 0 spiro atoms. The van der Waals surface area contributed by atoms with Gasteiger partial charge in [-0.3, -0.25) is 9.89 Å². The molecule has 1 aromatic carbocycles. The first-order chi connectivity index (χ1) is 12.9. The minimum absolute atomic E-state index is 0.380. The van der Waals surface area contributed by atoms with E-state index in [4.69, 9.17) is 14.2 Å². The van der Waals surface area contributed by atoms with Gasteiger partial charge in [0, 0.05) is 44.3 Å². The van der Waals surface area contributed by atoms with Gasteiger partial charge in [-0.15, -0.1) is 0 Å². The number of rotatable bonds is 7.